The van der Waals surface area contributed by atoms with Crippen LogP contribution in [0.1, 0.15) is 33.6 Å². The van der Waals surface area contributed by atoms with Crippen LogP contribution in [0.25, 0.3) is 33.0 Å². The number of likely N-dealkylation sites (tertiary alicyclic amines) is 1. The third-order valence-corrected chi connectivity index (χ3v) is 8.04. The summed E-state index contributed by atoms with van der Waals surface area (Å²) in [5.74, 6) is -1.14. The van der Waals surface area contributed by atoms with Crippen molar-refractivity contribution < 1.29 is 19.8 Å². The minimum atomic E-state index is -1.05. The fraction of sp³-hybridized carbons (Fsp3) is 0.179. The van der Waals surface area contributed by atoms with Crippen LogP contribution in [0, 0.1) is 0 Å². The molecule has 0 aliphatic carbocycles. The van der Waals surface area contributed by atoms with Gasteiger partial charge in [0.25, 0.3) is 5.91 Å². The van der Waals surface area contributed by atoms with Crippen molar-refractivity contribution in [2.45, 2.75) is 18.9 Å². The summed E-state index contributed by atoms with van der Waals surface area (Å²) in [5, 5.41) is 23.1. The SMILES string of the molecule is O=C(O)c1cc(-c2nc(-c3ccc(Cl)c(Cl)c3)cs2)ccc1-c1ccc(C(=O)N2CCC(O)CC2)cc1. The Labute approximate surface area is 227 Å². The first-order valence-corrected chi connectivity index (χ1v) is 13.3. The predicted octanol–water partition coefficient (Wildman–Crippen LogP) is 6.75. The second-order valence-electron chi connectivity index (χ2n) is 8.83. The molecule has 0 saturated carbocycles. The van der Waals surface area contributed by atoms with Crippen molar-refractivity contribution in [3.05, 3.63) is 87.2 Å². The number of benzene rings is 3. The fourth-order valence-corrected chi connectivity index (χ4v) is 5.47. The van der Waals surface area contributed by atoms with Gasteiger partial charge in [-0.1, -0.05) is 53.5 Å². The Bertz CT molecular complexity index is 1480. The lowest BCUT2D eigenvalue weighted by molar-refractivity contribution is 0.0546. The van der Waals surface area contributed by atoms with Crippen LogP contribution < -0.4 is 0 Å². The number of aliphatic hydroxyl groups excluding tert-OH is 1. The highest BCUT2D eigenvalue weighted by Gasteiger charge is 2.22. The van der Waals surface area contributed by atoms with Gasteiger partial charge in [-0.05, 0) is 54.3 Å². The standard InChI is InChI=1S/C28H22Cl2N2O4S/c29-23-8-6-18(14-24(23)30)25-15-37-26(31-25)19-5-7-21(22(13-19)28(35)36)16-1-3-17(4-2-16)27(34)32-11-9-20(33)10-12-32/h1-8,13-15,20,33H,9-12H2,(H,35,36). The topological polar surface area (TPSA) is 90.7 Å². The van der Waals surface area contributed by atoms with Gasteiger partial charge in [0.05, 0.1) is 27.4 Å². The number of rotatable bonds is 5. The maximum absolute atomic E-state index is 12.8. The highest BCUT2D eigenvalue weighted by Crippen LogP contribution is 2.34. The lowest BCUT2D eigenvalue weighted by atomic mass is 9.96. The lowest BCUT2D eigenvalue weighted by Crippen LogP contribution is -2.40. The van der Waals surface area contributed by atoms with E-state index in [1.807, 2.05) is 17.5 Å². The molecule has 37 heavy (non-hydrogen) atoms. The average molecular weight is 553 g/mol. The van der Waals surface area contributed by atoms with Gasteiger partial charge < -0.3 is 15.1 Å². The molecule has 1 aliphatic heterocycles. The number of carboxylic acid groups (broad SMARTS) is 1. The van der Waals surface area contributed by atoms with Crippen LogP contribution in [0.5, 0.6) is 0 Å². The first kappa shape index (κ1) is 25.4. The third kappa shape index (κ3) is 5.40. The summed E-state index contributed by atoms with van der Waals surface area (Å²) < 4.78 is 0. The number of carbonyl (C=O) groups is 2. The Morgan fingerprint density at radius 1 is 0.892 bits per heavy atom. The molecule has 9 heteroatoms. The first-order chi connectivity index (χ1) is 17.8. The second-order valence-corrected chi connectivity index (χ2v) is 10.5. The highest BCUT2D eigenvalue weighted by atomic mass is 35.5. The van der Waals surface area contributed by atoms with Crippen LogP contribution in [0.3, 0.4) is 0 Å². The Hall–Kier alpha value is -3.23. The zero-order chi connectivity index (χ0) is 26.1. The monoisotopic (exact) mass is 552 g/mol. The molecule has 2 N–H and O–H groups in total. The van der Waals surface area contributed by atoms with E-state index in [9.17, 15) is 19.8 Å². The molecule has 3 aromatic carbocycles. The summed E-state index contributed by atoms with van der Waals surface area (Å²) in [7, 11) is 0. The Balaban J connectivity index is 1.40. The number of aromatic nitrogens is 1. The lowest BCUT2D eigenvalue weighted by Gasteiger charge is -2.29. The second kappa shape index (κ2) is 10.6. The Morgan fingerprint density at radius 3 is 2.24 bits per heavy atom. The molecule has 0 spiro atoms. The van der Waals surface area contributed by atoms with Crippen LogP contribution in [0.2, 0.25) is 10.0 Å². The zero-order valence-electron chi connectivity index (χ0n) is 19.5. The predicted molar refractivity (Wildman–Crippen MR) is 147 cm³/mol. The van der Waals surface area contributed by atoms with E-state index < -0.39 is 5.97 Å². The van der Waals surface area contributed by atoms with Gasteiger partial charge in [-0.3, -0.25) is 4.79 Å². The molecule has 1 saturated heterocycles. The number of carboxylic acids is 1. The molecular weight excluding hydrogens is 531 g/mol. The van der Waals surface area contributed by atoms with Crippen LogP contribution in [0.4, 0.5) is 0 Å². The molecule has 0 atom stereocenters. The third-order valence-electron chi connectivity index (χ3n) is 6.41. The number of carbonyl (C=O) groups excluding carboxylic acids is 1. The number of aliphatic hydroxyl groups is 1. The molecule has 0 unspecified atom stereocenters. The summed E-state index contributed by atoms with van der Waals surface area (Å²) >= 11 is 13.6. The highest BCUT2D eigenvalue weighted by molar-refractivity contribution is 7.13. The number of nitrogens with zero attached hydrogens (tertiary/aromatic N) is 2. The summed E-state index contributed by atoms with van der Waals surface area (Å²) in [4.78, 5) is 31.4. The van der Waals surface area contributed by atoms with E-state index in [-0.39, 0.29) is 17.6 Å². The van der Waals surface area contributed by atoms with E-state index in [1.165, 1.54) is 11.3 Å². The van der Waals surface area contributed by atoms with Gasteiger partial charge in [-0.2, -0.15) is 0 Å². The van der Waals surface area contributed by atoms with Gasteiger partial charge in [0, 0.05) is 35.2 Å². The largest absolute Gasteiger partial charge is 0.478 e. The van der Waals surface area contributed by atoms with Crippen LogP contribution in [0.15, 0.2) is 66.0 Å². The molecule has 5 rings (SSSR count). The molecule has 0 radical (unpaired) electrons. The summed E-state index contributed by atoms with van der Waals surface area (Å²) in [6.07, 6.45) is 0.800. The van der Waals surface area contributed by atoms with Crippen molar-refractivity contribution in [1.29, 1.82) is 0 Å². The average Bonchev–Trinajstić information content (AvgIpc) is 3.40. The maximum Gasteiger partial charge on any atom is 0.336 e. The fourth-order valence-electron chi connectivity index (χ4n) is 4.34. The van der Waals surface area contributed by atoms with E-state index in [4.69, 9.17) is 23.2 Å². The number of hydrogen-bond acceptors (Lipinski definition) is 5. The number of hydrogen-bond donors (Lipinski definition) is 2. The zero-order valence-corrected chi connectivity index (χ0v) is 21.9. The van der Waals surface area contributed by atoms with Crippen molar-refractivity contribution in [3.63, 3.8) is 0 Å². The molecule has 1 aromatic heterocycles. The molecule has 188 valence electrons. The minimum absolute atomic E-state index is 0.0891. The minimum Gasteiger partial charge on any atom is -0.478 e. The van der Waals surface area contributed by atoms with E-state index in [2.05, 4.69) is 4.98 Å². The van der Waals surface area contributed by atoms with Crippen molar-refractivity contribution in [3.8, 4) is 33.0 Å². The van der Waals surface area contributed by atoms with Crippen LogP contribution >= 0.6 is 34.5 Å². The molecule has 6 nitrogen and oxygen atoms in total. The molecule has 1 fully saturated rings. The first-order valence-electron chi connectivity index (χ1n) is 11.7. The number of piperidine rings is 1. The number of aromatic carboxylic acids is 1. The summed E-state index contributed by atoms with van der Waals surface area (Å²) in [5.41, 5.74) is 4.17. The number of halogens is 2. The molecule has 1 amide bonds. The Kier molecular flexibility index (Phi) is 7.31. The van der Waals surface area contributed by atoms with E-state index in [0.717, 1.165) is 11.3 Å². The molecule has 2 heterocycles. The van der Waals surface area contributed by atoms with Crippen molar-refractivity contribution in [1.82, 2.24) is 9.88 Å². The van der Waals surface area contributed by atoms with Gasteiger partial charge in [0.15, 0.2) is 0 Å². The van der Waals surface area contributed by atoms with Crippen molar-refractivity contribution in [2.75, 3.05) is 13.1 Å². The summed E-state index contributed by atoms with van der Waals surface area (Å²) in [6, 6.07) is 17.5. The summed E-state index contributed by atoms with van der Waals surface area (Å²) in [6.45, 7) is 1.05. The molecule has 4 aromatic rings. The van der Waals surface area contributed by atoms with Gasteiger partial charge in [0.2, 0.25) is 0 Å². The van der Waals surface area contributed by atoms with Crippen molar-refractivity contribution >= 4 is 46.4 Å². The number of thiazole rings is 1. The molecule has 1 aliphatic rings. The van der Waals surface area contributed by atoms with Gasteiger partial charge in [0.1, 0.15) is 5.01 Å². The van der Waals surface area contributed by atoms with Gasteiger partial charge >= 0.3 is 5.97 Å². The maximum atomic E-state index is 12.8. The smallest absolute Gasteiger partial charge is 0.336 e. The molecule has 0 bridgehead atoms. The number of amides is 1. The van der Waals surface area contributed by atoms with Crippen LogP contribution in [-0.2, 0) is 0 Å². The molecular formula is C28H22Cl2N2O4S. The van der Waals surface area contributed by atoms with Crippen molar-refractivity contribution in [2.24, 2.45) is 0 Å². The van der Waals surface area contributed by atoms with Gasteiger partial charge in [-0.15, -0.1) is 11.3 Å². The van der Waals surface area contributed by atoms with E-state index in [1.54, 1.807) is 53.4 Å². The Morgan fingerprint density at radius 2 is 1.57 bits per heavy atom. The van der Waals surface area contributed by atoms with Crippen LogP contribution in [-0.4, -0.2) is 51.2 Å². The van der Waals surface area contributed by atoms with Gasteiger partial charge in [-0.25, -0.2) is 9.78 Å². The van der Waals surface area contributed by atoms with E-state index in [0.29, 0.717) is 63.2 Å². The normalized spacial score (nSPS) is 14.1. The quantitative estimate of drug-likeness (QED) is 0.286. The van der Waals surface area contributed by atoms with E-state index >= 15 is 0 Å².